The average Bonchev–Trinajstić information content (AvgIpc) is 3.04. The highest BCUT2D eigenvalue weighted by Crippen LogP contribution is 2.38. The minimum atomic E-state index is -0.502. The number of H-pyrrole nitrogens is 1. The van der Waals surface area contributed by atoms with Crippen molar-refractivity contribution in [2.24, 2.45) is 11.1 Å². The van der Waals surface area contributed by atoms with Gasteiger partial charge in [-0.15, -0.1) is 0 Å². The summed E-state index contributed by atoms with van der Waals surface area (Å²) < 4.78 is 4.92. The highest BCUT2D eigenvalue weighted by Gasteiger charge is 2.39. The maximum absolute atomic E-state index is 12.4. The molecule has 0 aliphatic heterocycles. The molecule has 3 rings (SSSR count). The second-order valence-corrected chi connectivity index (χ2v) is 5.37. The van der Waals surface area contributed by atoms with Crippen LogP contribution in [0.2, 0.25) is 0 Å². The minimum absolute atomic E-state index is 0.0392. The van der Waals surface area contributed by atoms with Gasteiger partial charge in [0, 0.05) is 12.2 Å². The zero-order chi connectivity index (χ0) is 14.2. The van der Waals surface area contributed by atoms with Gasteiger partial charge in [-0.1, -0.05) is 12.8 Å². The number of carbonyl (C=O) groups is 1. The van der Waals surface area contributed by atoms with Gasteiger partial charge in [0.05, 0.1) is 10.9 Å². The molecule has 0 bridgehead atoms. The van der Waals surface area contributed by atoms with Gasteiger partial charge in [0.1, 0.15) is 0 Å². The van der Waals surface area contributed by atoms with Crippen LogP contribution in [0.3, 0.4) is 0 Å². The monoisotopic (exact) mass is 275 g/mol. The van der Waals surface area contributed by atoms with Gasteiger partial charge < -0.3 is 15.5 Å². The molecule has 1 aromatic carbocycles. The molecule has 0 radical (unpaired) electrons. The summed E-state index contributed by atoms with van der Waals surface area (Å²) >= 11 is 0. The Bertz CT molecular complexity index is 695. The van der Waals surface area contributed by atoms with Crippen molar-refractivity contribution in [1.29, 1.82) is 0 Å². The summed E-state index contributed by atoms with van der Waals surface area (Å²) in [7, 11) is 0. The molecule has 2 aromatic rings. The van der Waals surface area contributed by atoms with Crippen molar-refractivity contribution >= 4 is 22.7 Å². The van der Waals surface area contributed by atoms with Gasteiger partial charge in [-0.3, -0.25) is 9.78 Å². The molecule has 0 saturated heterocycles. The van der Waals surface area contributed by atoms with E-state index in [1.807, 2.05) is 0 Å². The van der Waals surface area contributed by atoms with E-state index in [9.17, 15) is 9.59 Å². The van der Waals surface area contributed by atoms with Gasteiger partial charge in [0.2, 0.25) is 5.91 Å². The number of aromatic nitrogens is 1. The number of benzene rings is 1. The fourth-order valence-corrected chi connectivity index (χ4v) is 2.87. The first kappa shape index (κ1) is 12.9. The fourth-order valence-electron chi connectivity index (χ4n) is 2.87. The van der Waals surface area contributed by atoms with Gasteiger partial charge in [-0.2, -0.15) is 0 Å². The van der Waals surface area contributed by atoms with E-state index in [-0.39, 0.29) is 5.91 Å². The summed E-state index contributed by atoms with van der Waals surface area (Å²) in [5, 5.41) is 2.89. The molecule has 1 heterocycles. The van der Waals surface area contributed by atoms with E-state index in [1.165, 1.54) is 0 Å². The third-order valence-corrected chi connectivity index (χ3v) is 4.11. The lowest BCUT2D eigenvalue weighted by atomic mass is 9.85. The number of anilines is 1. The van der Waals surface area contributed by atoms with E-state index in [0.29, 0.717) is 23.3 Å². The van der Waals surface area contributed by atoms with E-state index in [0.717, 1.165) is 25.7 Å². The standard InChI is InChI=1S/C14H17N3O3/c15-8-14(5-1-2-6-14)12(18)16-9-3-4-11-10(7-9)17-13(19)20-11/h3-4,7H,1-2,5-6,8,15H2,(H,16,18)(H,17,19). The van der Waals surface area contributed by atoms with Crippen LogP contribution in [0.25, 0.3) is 11.1 Å². The topological polar surface area (TPSA) is 101 Å². The zero-order valence-corrected chi connectivity index (χ0v) is 11.1. The number of carbonyl (C=O) groups excluding carboxylic acids is 1. The lowest BCUT2D eigenvalue weighted by Gasteiger charge is -2.25. The van der Waals surface area contributed by atoms with E-state index in [4.69, 9.17) is 10.2 Å². The van der Waals surface area contributed by atoms with Crippen LogP contribution in [0.5, 0.6) is 0 Å². The Balaban J connectivity index is 1.85. The third-order valence-electron chi connectivity index (χ3n) is 4.11. The summed E-state index contributed by atoms with van der Waals surface area (Å²) in [5.41, 5.74) is 7.03. The first-order valence-corrected chi connectivity index (χ1v) is 6.77. The quantitative estimate of drug-likeness (QED) is 0.791. The summed E-state index contributed by atoms with van der Waals surface area (Å²) in [5.74, 6) is -0.541. The Morgan fingerprint density at radius 2 is 2.15 bits per heavy atom. The van der Waals surface area contributed by atoms with Crippen LogP contribution in [0.4, 0.5) is 5.69 Å². The molecule has 0 unspecified atom stereocenters. The molecule has 1 aliphatic rings. The van der Waals surface area contributed by atoms with Crippen LogP contribution >= 0.6 is 0 Å². The molecule has 0 spiro atoms. The SMILES string of the molecule is NCC1(C(=O)Nc2ccc3oc(=O)[nH]c3c2)CCCC1. The van der Waals surface area contributed by atoms with Crippen LogP contribution in [-0.2, 0) is 4.79 Å². The molecular formula is C14H17N3O3. The number of rotatable bonds is 3. The van der Waals surface area contributed by atoms with E-state index < -0.39 is 11.2 Å². The maximum Gasteiger partial charge on any atom is 0.417 e. The first-order valence-electron chi connectivity index (χ1n) is 6.77. The predicted molar refractivity (Wildman–Crippen MR) is 75.4 cm³/mol. The van der Waals surface area contributed by atoms with Crippen LogP contribution in [0, 0.1) is 5.41 Å². The van der Waals surface area contributed by atoms with Crippen molar-refractivity contribution in [1.82, 2.24) is 4.98 Å². The maximum atomic E-state index is 12.4. The summed E-state index contributed by atoms with van der Waals surface area (Å²) in [4.78, 5) is 26.1. The van der Waals surface area contributed by atoms with E-state index in [2.05, 4.69) is 10.3 Å². The van der Waals surface area contributed by atoms with Crippen molar-refractivity contribution in [2.45, 2.75) is 25.7 Å². The number of aromatic amines is 1. The summed E-state index contributed by atoms with van der Waals surface area (Å²) in [6.45, 7) is 0.365. The fraction of sp³-hybridized carbons (Fsp3) is 0.429. The number of fused-ring (bicyclic) bond motifs is 1. The number of nitrogens with two attached hydrogens (primary N) is 1. The molecular weight excluding hydrogens is 258 g/mol. The highest BCUT2D eigenvalue weighted by atomic mass is 16.4. The molecule has 4 N–H and O–H groups in total. The first-order chi connectivity index (χ1) is 9.63. The molecule has 1 amide bonds. The van der Waals surface area contributed by atoms with Crippen molar-refractivity contribution < 1.29 is 9.21 Å². The zero-order valence-electron chi connectivity index (χ0n) is 11.1. The molecule has 106 valence electrons. The van der Waals surface area contributed by atoms with Crippen molar-refractivity contribution in [2.75, 3.05) is 11.9 Å². The normalized spacial score (nSPS) is 17.4. The largest absolute Gasteiger partial charge is 0.417 e. The Hall–Kier alpha value is -2.08. The molecule has 1 saturated carbocycles. The Kier molecular flexibility index (Phi) is 3.10. The van der Waals surface area contributed by atoms with E-state index >= 15 is 0 Å². The molecule has 20 heavy (non-hydrogen) atoms. The molecule has 1 aromatic heterocycles. The summed E-state index contributed by atoms with van der Waals surface area (Å²) in [6, 6.07) is 5.07. The van der Waals surface area contributed by atoms with Crippen LogP contribution in [0.1, 0.15) is 25.7 Å². The molecule has 6 heteroatoms. The number of amides is 1. The van der Waals surface area contributed by atoms with Crippen LogP contribution in [-0.4, -0.2) is 17.4 Å². The lowest BCUT2D eigenvalue weighted by Crippen LogP contribution is -2.40. The number of nitrogens with one attached hydrogen (secondary N) is 2. The van der Waals surface area contributed by atoms with Gasteiger partial charge >= 0.3 is 5.76 Å². The third kappa shape index (κ3) is 2.12. The van der Waals surface area contributed by atoms with Gasteiger partial charge in [0.25, 0.3) is 0 Å². The highest BCUT2D eigenvalue weighted by molar-refractivity contribution is 5.97. The number of hydrogen-bond acceptors (Lipinski definition) is 4. The van der Waals surface area contributed by atoms with Crippen molar-refractivity contribution in [3.8, 4) is 0 Å². The molecule has 1 fully saturated rings. The lowest BCUT2D eigenvalue weighted by molar-refractivity contribution is -0.124. The Morgan fingerprint density at radius 1 is 1.40 bits per heavy atom. The predicted octanol–water partition coefficient (Wildman–Crippen LogP) is 1.58. The Labute approximate surface area is 115 Å². The Morgan fingerprint density at radius 3 is 2.85 bits per heavy atom. The smallest absolute Gasteiger partial charge is 0.408 e. The van der Waals surface area contributed by atoms with Crippen LogP contribution in [0.15, 0.2) is 27.4 Å². The number of oxazole rings is 1. The van der Waals surface area contributed by atoms with Crippen molar-refractivity contribution in [3.63, 3.8) is 0 Å². The van der Waals surface area contributed by atoms with Gasteiger partial charge in [-0.25, -0.2) is 4.79 Å². The van der Waals surface area contributed by atoms with Crippen LogP contribution < -0.4 is 16.8 Å². The number of hydrogen-bond donors (Lipinski definition) is 3. The van der Waals surface area contributed by atoms with Gasteiger partial charge in [0.15, 0.2) is 5.58 Å². The average molecular weight is 275 g/mol. The summed E-state index contributed by atoms with van der Waals surface area (Å²) in [6.07, 6.45) is 3.75. The minimum Gasteiger partial charge on any atom is -0.408 e. The molecule has 1 aliphatic carbocycles. The van der Waals surface area contributed by atoms with E-state index in [1.54, 1.807) is 18.2 Å². The second-order valence-electron chi connectivity index (χ2n) is 5.37. The molecule has 6 nitrogen and oxygen atoms in total. The van der Waals surface area contributed by atoms with Gasteiger partial charge in [-0.05, 0) is 31.0 Å². The molecule has 0 atom stereocenters. The second kappa shape index (κ2) is 4.79. The van der Waals surface area contributed by atoms with Crippen molar-refractivity contribution in [3.05, 3.63) is 28.7 Å².